The average Bonchev–Trinajstić information content (AvgIpc) is 3.11. The quantitative estimate of drug-likeness (QED) is 0.0227. The van der Waals surface area contributed by atoms with Gasteiger partial charge in [0.15, 0.2) is 5.96 Å². The van der Waals surface area contributed by atoms with Crippen LogP contribution in [0.2, 0.25) is 0 Å². The number of hydrogen-bond donors (Lipinski definition) is 8. The Morgan fingerprint density at radius 1 is 0.849 bits per heavy atom. The molecule has 1 heterocycles. The van der Waals surface area contributed by atoms with Gasteiger partial charge in [-0.3, -0.25) is 43.5 Å². The Bertz CT molecular complexity index is 1500. The maximum atomic E-state index is 14.7. The largest absolute Gasteiger partial charge is 0.481 e. The number of aliphatic carboxylic acids is 1. The highest BCUT2D eigenvalue weighted by atomic mass is 16.4. The third-order valence-corrected chi connectivity index (χ3v) is 8.19. The second-order valence-corrected chi connectivity index (χ2v) is 12.4. The first-order valence-corrected chi connectivity index (χ1v) is 17.4. The van der Waals surface area contributed by atoms with Crippen LogP contribution in [0.15, 0.2) is 40.4 Å². The number of unbranched alkanes of at least 4 members (excludes halogenated alkanes) is 3. The zero-order valence-electron chi connectivity index (χ0n) is 29.6. The number of hydrogen-bond acceptors (Lipinski definition) is 10. The Labute approximate surface area is 306 Å². The predicted octanol–water partition coefficient (Wildman–Crippen LogP) is -0.935. The molecule has 1 fully saturated rings. The number of carboxylic acid groups (broad SMARTS) is 1. The van der Waals surface area contributed by atoms with Gasteiger partial charge in [0.25, 0.3) is 5.91 Å². The maximum Gasteiger partial charge on any atom is 0.305 e. The summed E-state index contributed by atoms with van der Waals surface area (Å²) in [5.74, 6) is -6.93. The van der Waals surface area contributed by atoms with E-state index < -0.39 is 78.5 Å². The van der Waals surface area contributed by atoms with Gasteiger partial charge in [-0.25, -0.2) is 0 Å². The number of nitrogens with one attached hydrogen (secondary N) is 4. The van der Waals surface area contributed by atoms with Crippen molar-refractivity contribution in [2.75, 3.05) is 26.2 Å². The van der Waals surface area contributed by atoms with Crippen LogP contribution in [0.1, 0.15) is 69.8 Å². The first-order chi connectivity index (χ1) is 25.4. The molecule has 53 heavy (non-hydrogen) atoms. The number of carboxylic acids is 1. The third kappa shape index (κ3) is 16.0. The Morgan fingerprint density at radius 3 is 2.23 bits per heavy atom. The number of rotatable bonds is 18. The highest BCUT2D eigenvalue weighted by Gasteiger charge is 2.40. The molecular weight excluding hydrogens is 692 g/mol. The number of aliphatic imine (C=N–C) groups is 1. The molecule has 0 aromatic heterocycles. The van der Waals surface area contributed by atoms with E-state index in [1.54, 1.807) is 30.3 Å². The lowest BCUT2D eigenvalue weighted by Crippen LogP contribution is -2.61. The summed E-state index contributed by atoms with van der Waals surface area (Å²) in [6, 6.07) is 2.55. The van der Waals surface area contributed by atoms with Crippen LogP contribution in [0.4, 0.5) is 0 Å². The topological polar surface area (TPSA) is 330 Å². The molecule has 1 aliphatic rings. The molecular formula is C33H50N12O8. The number of nitrogens with two attached hydrogens (primary N) is 3. The van der Waals surface area contributed by atoms with Gasteiger partial charge in [-0.15, -0.1) is 0 Å². The third-order valence-electron chi connectivity index (χ3n) is 8.19. The van der Waals surface area contributed by atoms with Crippen LogP contribution in [-0.4, -0.2) is 108 Å². The van der Waals surface area contributed by atoms with E-state index in [1.165, 1.54) is 0 Å². The highest BCUT2D eigenvalue weighted by Crippen LogP contribution is 2.18. The molecule has 11 N–H and O–H groups in total. The van der Waals surface area contributed by atoms with Crippen LogP contribution in [0.3, 0.4) is 0 Å². The number of nitrogens with zero attached hydrogens (tertiary/aromatic N) is 5. The number of carbonyl (C=O) groups is 7. The van der Waals surface area contributed by atoms with E-state index in [2.05, 4.69) is 36.3 Å². The van der Waals surface area contributed by atoms with Crippen molar-refractivity contribution in [3.8, 4) is 0 Å². The first kappa shape index (κ1) is 43.4. The molecule has 1 aliphatic heterocycles. The summed E-state index contributed by atoms with van der Waals surface area (Å²) in [6.07, 6.45) is 0.811. The summed E-state index contributed by atoms with van der Waals surface area (Å²) in [7, 11) is 0. The second-order valence-electron chi connectivity index (χ2n) is 12.4. The van der Waals surface area contributed by atoms with Gasteiger partial charge >= 0.3 is 5.97 Å². The van der Waals surface area contributed by atoms with E-state index in [0.717, 1.165) is 4.90 Å². The lowest BCUT2D eigenvalue weighted by Gasteiger charge is -2.34. The maximum absolute atomic E-state index is 14.7. The van der Waals surface area contributed by atoms with Gasteiger partial charge in [-0.2, -0.15) is 0 Å². The van der Waals surface area contributed by atoms with Crippen molar-refractivity contribution in [1.29, 1.82) is 0 Å². The Balaban J connectivity index is 2.70. The fourth-order valence-corrected chi connectivity index (χ4v) is 5.56. The molecule has 20 heteroatoms. The number of guanidine groups is 1. The molecule has 290 valence electrons. The minimum atomic E-state index is -1.68. The van der Waals surface area contributed by atoms with E-state index in [9.17, 15) is 38.7 Å². The Morgan fingerprint density at radius 2 is 1.57 bits per heavy atom. The average molecular weight is 743 g/mol. The zero-order valence-corrected chi connectivity index (χ0v) is 29.6. The summed E-state index contributed by atoms with van der Waals surface area (Å²) < 4.78 is 0. The van der Waals surface area contributed by atoms with Crippen molar-refractivity contribution < 1.29 is 38.7 Å². The first-order valence-electron chi connectivity index (χ1n) is 17.4. The van der Waals surface area contributed by atoms with Crippen LogP contribution in [0.5, 0.6) is 0 Å². The van der Waals surface area contributed by atoms with Crippen LogP contribution < -0.4 is 38.5 Å². The molecule has 1 saturated heterocycles. The lowest BCUT2D eigenvalue weighted by molar-refractivity contribution is -0.154. The fourth-order valence-electron chi connectivity index (χ4n) is 5.56. The van der Waals surface area contributed by atoms with Gasteiger partial charge in [-0.05, 0) is 62.6 Å². The van der Waals surface area contributed by atoms with Crippen molar-refractivity contribution in [1.82, 2.24) is 26.2 Å². The van der Waals surface area contributed by atoms with Crippen molar-refractivity contribution >= 4 is 47.4 Å². The molecule has 1 aromatic carbocycles. The van der Waals surface area contributed by atoms with Gasteiger partial charge in [0.05, 0.1) is 13.0 Å². The normalized spacial score (nSPS) is 20.0. The minimum Gasteiger partial charge on any atom is -0.481 e. The van der Waals surface area contributed by atoms with Gasteiger partial charge in [-0.1, -0.05) is 41.9 Å². The van der Waals surface area contributed by atoms with Crippen molar-refractivity contribution in [2.45, 2.75) is 94.8 Å². The van der Waals surface area contributed by atoms with Crippen LogP contribution in [0.25, 0.3) is 10.4 Å². The van der Waals surface area contributed by atoms with Crippen molar-refractivity contribution in [3.63, 3.8) is 0 Å². The van der Waals surface area contributed by atoms with Crippen molar-refractivity contribution in [3.05, 3.63) is 46.3 Å². The molecule has 1 aromatic rings. The smallest absolute Gasteiger partial charge is 0.305 e. The van der Waals surface area contributed by atoms with E-state index in [0.29, 0.717) is 31.2 Å². The van der Waals surface area contributed by atoms with Gasteiger partial charge in [0.1, 0.15) is 24.2 Å². The molecule has 0 saturated carbocycles. The second kappa shape index (κ2) is 23.7. The predicted molar refractivity (Wildman–Crippen MR) is 192 cm³/mol. The standard InChI is InChI=1S/C33H50N12O8/c34-15-7-6-13-25-31(52)42-22(12-9-16-38-33(35)36)29(50)39-20-26(46)41-23(19-28(48)49)30(51)43-24(18-21-10-3-1-4-11-21)32(53)45(25)27(47)14-5-2-8-17-40-44-37/h1,3-4,10-11,22-25H,2,5-9,12-20,34H2,(H,39,50)(H,41,46)(H,42,52)(H,43,51)(H,48,49)(H4,35,36,38)/t22-,23-,24-,25-/m0/s1. The number of amides is 6. The zero-order chi connectivity index (χ0) is 39.2. The van der Waals surface area contributed by atoms with Gasteiger partial charge in [0, 0.05) is 30.8 Å². The molecule has 0 radical (unpaired) electrons. The molecule has 20 nitrogen and oxygen atoms in total. The molecule has 0 unspecified atom stereocenters. The summed E-state index contributed by atoms with van der Waals surface area (Å²) >= 11 is 0. The van der Waals surface area contributed by atoms with Crippen LogP contribution >= 0.6 is 0 Å². The number of carbonyl (C=O) groups excluding carboxylic acids is 6. The molecule has 0 aliphatic carbocycles. The lowest BCUT2D eigenvalue weighted by atomic mass is 9.99. The summed E-state index contributed by atoms with van der Waals surface area (Å²) in [6.45, 7) is -0.144. The monoisotopic (exact) mass is 742 g/mol. The summed E-state index contributed by atoms with van der Waals surface area (Å²) in [5.41, 5.74) is 25.7. The Kier molecular flexibility index (Phi) is 19.4. The summed E-state index contributed by atoms with van der Waals surface area (Å²) in [5, 5.41) is 22.9. The Hall–Kier alpha value is -5.75. The van der Waals surface area contributed by atoms with E-state index in [4.69, 9.17) is 22.7 Å². The van der Waals surface area contributed by atoms with E-state index >= 15 is 0 Å². The number of benzene rings is 1. The molecule has 4 atom stereocenters. The minimum absolute atomic E-state index is 0.0170. The molecule has 0 spiro atoms. The highest BCUT2D eigenvalue weighted by molar-refractivity contribution is 6.05. The van der Waals surface area contributed by atoms with Crippen LogP contribution in [0, 0.1) is 0 Å². The molecule has 0 bridgehead atoms. The number of azide groups is 1. The van der Waals surface area contributed by atoms with E-state index in [-0.39, 0.29) is 64.1 Å². The molecule has 2 rings (SSSR count). The van der Waals surface area contributed by atoms with Gasteiger partial charge in [0.2, 0.25) is 29.5 Å². The van der Waals surface area contributed by atoms with E-state index in [1.807, 2.05) is 0 Å². The SMILES string of the molecule is [N-]=[N+]=NCCCCCC(=O)N1C(=O)[C@H](Cc2ccccc2)NC(=O)[C@H](CC(=O)O)NC(=O)CNC(=O)[C@H](CCCN=C(N)N)NC(=O)[C@@H]1CCCCN. The molecule has 6 amide bonds. The summed E-state index contributed by atoms with van der Waals surface area (Å²) in [4.78, 5) is 102. The fraction of sp³-hybridized carbons (Fsp3) is 0.576. The van der Waals surface area contributed by atoms with Crippen LogP contribution in [-0.2, 0) is 40.0 Å². The van der Waals surface area contributed by atoms with Crippen molar-refractivity contribution in [2.24, 2.45) is 27.3 Å². The van der Waals surface area contributed by atoms with Gasteiger partial charge < -0.3 is 43.6 Å². The number of imide groups is 1.